The molecule has 0 spiro atoms. The molecule has 0 aromatic rings. The maximum absolute atomic E-state index is 11.3. The van der Waals surface area contributed by atoms with Crippen LogP contribution in [0.15, 0.2) is 0 Å². The number of carboxylic acids is 1. The molecule has 1 aliphatic rings. The van der Waals surface area contributed by atoms with Crippen molar-refractivity contribution in [3.05, 3.63) is 0 Å². The molecule has 1 saturated heterocycles. The molecule has 20 heavy (non-hydrogen) atoms. The van der Waals surface area contributed by atoms with Crippen molar-refractivity contribution >= 4 is 5.97 Å². The first-order valence-corrected chi connectivity index (χ1v) is 6.56. The van der Waals surface area contributed by atoms with Crippen molar-refractivity contribution < 1.29 is 34.3 Å². The molecule has 3 N–H and O–H groups in total. The molecule has 1 aliphatic heterocycles. The number of methoxy groups -OCH3 is 1. The third-order valence-electron chi connectivity index (χ3n) is 3.47. The first-order valence-electron chi connectivity index (χ1n) is 6.56. The van der Waals surface area contributed by atoms with Crippen molar-refractivity contribution in [3.63, 3.8) is 0 Å². The minimum absolute atomic E-state index is 0.306. The number of carbonyl (C=O) groups is 1. The van der Waals surface area contributed by atoms with Crippen LogP contribution in [0.5, 0.6) is 0 Å². The zero-order valence-corrected chi connectivity index (χ0v) is 12.4. The lowest BCUT2D eigenvalue weighted by Crippen LogP contribution is -2.65. The van der Waals surface area contributed by atoms with E-state index in [9.17, 15) is 20.1 Å². The van der Waals surface area contributed by atoms with Crippen molar-refractivity contribution in [1.82, 2.24) is 0 Å². The van der Waals surface area contributed by atoms with Gasteiger partial charge in [-0.1, -0.05) is 0 Å². The zero-order valence-electron chi connectivity index (χ0n) is 12.4. The highest BCUT2D eigenvalue weighted by Crippen LogP contribution is 2.31. The Morgan fingerprint density at radius 3 is 2.20 bits per heavy atom. The highest BCUT2D eigenvalue weighted by Gasteiger charge is 2.53. The molecule has 0 aromatic carbocycles. The van der Waals surface area contributed by atoms with Crippen LogP contribution in [0.1, 0.15) is 27.7 Å². The predicted molar refractivity (Wildman–Crippen MR) is 69.4 cm³/mol. The van der Waals surface area contributed by atoms with Gasteiger partial charge in [-0.15, -0.1) is 0 Å². The summed E-state index contributed by atoms with van der Waals surface area (Å²) >= 11 is 0. The zero-order chi connectivity index (χ0) is 15.7. The Morgan fingerprint density at radius 2 is 1.80 bits per heavy atom. The predicted octanol–water partition coefficient (Wildman–Crippen LogP) is -0.221. The standard InChI is InChI=1S/C13H24O7/c1-6(2)19-9-7(14)8(15)11(13(3,4)18-5)20-10(9)12(16)17/h6-11,14-15H,1-5H3,(H,16,17)/t7-,8+,9+,10?,11-/m1/s1. The van der Waals surface area contributed by atoms with Gasteiger partial charge in [0.25, 0.3) is 0 Å². The fourth-order valence-electron chi connectivity index (χ4n) is 2.22. The highest BCUT2D eigenvalue weighted by atomic mass is 16.6. The molecule has 1 fully saturated rings. The van der Waals surface area contributed by atoms with Gasteiger partial charge in [-0.25, -0.2) is 4.79 Å². The summed E-state index contributed by atoms with van der Waals surface area (Å²) < 4.78 is 16.0. The van der Waals surface area contributed by atoms with Gasteiger partial charge in [-0.3, -0.25) is 0 Å². The second kappa shape index (κ2) is 6.36. The van der Waals surface area contributed by atoms with E-state index in [4.69, 9.17) is 14.2 Å². The van der Waals surface area contributed by atoms with Crippen LogP contribution in [0.4, 0.5) is 0 Å². The van der Waals surface area contributed by atoms with Crippen LogP contribution >= 0.6 is 0 Å². The Balaban J connectivity index is 3.03. The summed E-state index contributed by atoms with van der Waals surface area (Å²) in [7, 11) is 1.43. The van der Waals surface area contributed by atoms with Crippen LogP contribution < -0.4 is 0 Å². The number of carboxylic acid groups (broad SMARTS) is 1. The van der Waals surface area contributed by atoms with Gasteiger partial charge in [-0.05, 0) is 27.7 Å². The highest BCUT2D eigenvalue weighted by molar-refractivity contribution is 5.73. The summed E-state index contributed by atoms with van der Waals surface area (Å²) in [5.41, 5.74) is -0.948. The molecule has 0 aliphatic carbocycles. The van der Waals surface area contributed by atoms with E-state index in [1.165, 1.54) is 7.11 Å². The van der Waals surface area contributed by atoms with Crippen LogP contribution in [0.25, 0.3) is 0 Å². The van der Waals surface area contributed by atoms with Crippen LogP contribution in [0.2, 0.25) is 0 Å². The Bertz CT molecular complexity index is 342. The van der Waals surface area contributed by atoms with E-state index in [1.54, 1.807) is 27.7 Å². The van der Waals surface area contributed by atoms with Crippen LogP contribution in [0, 0.1) is 0 Å². The summed E-state index contributed by atoms with van der Waals surface area (Å²) in [4.78, 5) is 11.3. The number of aliphatic hydroxyl groups is 2. The maximum atomic E-state index is 11.3. The smallest absolute Gasteiger partial charge is 0.335 e. The van der Waals surface area contributed by atoms with Crippen molar-refractivity contribution in [2.45, 2.75) is 69.9 Å². The minimum atomic E-state index is -1.37. The van der Waals surface area contributed by atoms with Crippen molar-refractivity contribution in [3.8, 4) is 0 Å². The van der Waals surface area contributed by atoms with E-state index in [0.29, 0.717) is 0 Å². The fourth-order valence-corrected chi connectivity index (χ4v) is 2.22. The van der Waals surface area contributed by atoms with Crippen molar-refractivity contribution in [1.29, 1.82) is 0 Å². The normalized spacial score (nSPS) is 35.3. The van der Waals surface area contributed by atoms with Gasteiger partial charge in [0.05, 0.1) is 11.7 Å². The molecule has 1 heterocycles. The van der Waals surface area contributed by atoms with Gasteiger partial charge >= 0.3 is 5.97 Å². The first kappa shape index (κ1) is 17.3. The molecule has 1 rings (SSSR count). The van der Waals surface area contributed by atoms with E-state index in [-0.39, 0.29) is 6.10 Å². The molecule has 0 aromatic heterocycles. The molecule has 7 nitrogen and oxygen atoms in total. The molecular formula is C13H24O7. The summed E-state index contributed by atoms with van der Waals surface area (Å²) in [6, 6.07) is 0. The number of ether oxygens (including phenoxy) is 3. The lowest BCUT2D eigenvalue weighted by molar-refractivity contribution is -0.274. The van der Waals surface area contributed by atoms with E-state index in [0.717, 1.165) is 0 Å². The number of rotatable bonds is 5. The third kappa shape index (κ3) is 3.48. The van der Waals surface area contributed by atoms with E-state index >= 15 is 0 Å². The Morgan fingerprint density at radius 1 is 1.25 bits per heavy atom. The summed E-state index contributed by atoms with van der Waals surface area (Å²) in [6.45, 7) is 6.72. The number of aliphatic carboxylic acids is 1. The number of aliphatic hydroxyl groups excluding tert-OH is 2. The first-order chi connectivity index (χ1) is 9.11. The maximum Gasteiger partial charge on any atom is 0.335 e. The van der Waals surface area contributed by atoms with Gasteiger partial charge < -0.3 is 29.5 Å². The van der Waals surface area contributed by atoms with E-state index in [1.807, 2.05) is 0 Å². The monoisotopic (exact) mass is 292 g/mol. The molecule has 0 bridgehead atoms. The Hall–Kier alpha value is -0.730. The van der Waals surface area contributed by atoms with E-state index < -0.39 is 42.1 Å². The topological polar surface area (TPSA) is 105 Å². The van der Waals surface area contributed by atoms with Crippen LogP contribution in [-0.2, 0) is 19.0 Å². The summed E-state index contributed by atoms with van der Waals surface area (Å²) in [6.07, 6.45) is -6.45. The minimum Gasteiger partial charge on any atom is -0.479 e. The summed E-state index contributed by atoms with van der Waals surface area (Å²) in [5.74, 6) is -1.25. The Kier molecular flexibility index (Phi) is 5.51. The molecule has 0 radical (unpaired) electrons. The van der Waals surface area contributed by atoms with Gasteiger partial charge in [0, 0.05) is 7.11 Å². The molecule has 118 valence electrons. The molecule has 1 unspecified atom stereocenters. The van der Waals surface area contributed by atoms with Crippen molar-refractivity contribution in [2.75, 3.05) is 7.11 Å². The van der Waals surface area contributed by atoms with Crippen molar-refractivity contribution in [2.24, 2.45) is 0 Å². The average molecular weight is 292 g/mol. The molecule has 5 atom stereocenters. The summed E-state index contributed by atoms with van der Waals surface area (Å²) in [5, 5.41) is 29.6. The molecule has 0 saturated carbocycles. The van der Waals surface area contributed by atoms with Gasteiger partial charge in [0.1, 0.15) is 24.4 Å². The number of hydrogen-bond acceptors (Lipinski definition) is 6. The molecular weight excluding hydrogens is 268 g/mol. The fraction of sp³-hybridized carbons (Fsp3) is 0.923. The molecule has 7 heteroatoms. The third-order valence-corrected chi connectivity index (χ3v) is 3.47. The largest absolute Gasteiger partial charge is 0.479 e. The van der Waals surface area contributed by atoms with E-state index in [2.05, 4.69) is 0 Å². The van der Waals surface area contributed by atoms with Gasteiger partial charge in [0.2, 0.25) is 0 Å². The Labute approximate surface area is 118 Å². The number of hydrogen-bond donors (Lipinski definition) is 3. The SMILES string of the molecule is COC(C)(C)[C@@H]1OC(C(=O)O)[C@@H](OC(C)C)[C@H](O)[C@@H]1O. The quantitative estimate of drug-likeness (QED) is 0.643. The van der Waals surface area contributed by atoms with Gasteiger partial charge in [-0.2, -0.15) is 0 Å². The lowest BCUT2D eigenvalue weighted by Gasteiger charge is -2.46. The van der Waals surface area contributed by atoms with Crippen LogP contribution in [-0.4, -0.2) is 70.6 Å². The second-order valence-corrected chi connectivity index (χ2v) is 5.75. The molecule has 0 amide bonds. The van der Waals surface area contributed by atoms with Crippen LogP contribution in [0.3, 0.4) is 0 Å². The van der Waals surface area contributed by atoms with Gasteiger partial charge in [0.15, 0.2) is 6.10 Å². The second-order valence-electron chi connectivity index (χ2n) is 5.75. The lowest BCUT2D eigenvalue weighted by atomic mass is 9.86. The average Bonchev–Trinajstić information content (AvgIpc) is 2.34.